The number of phenolic OH excluding ortho intramolecular Hbond substituents is 1. The number of amides is 1. The highest BCUT2D eigenvalue weighted by Crippen LogP contribution is 2.32. The van der Waals surface area contributed by atoms with Crippen LogP contribution < -0.4 is 10.1 Å². The Morgan fingerprint density at radius 1 is 1.00 bits per heavy atom. The van der Waals surface area contributed by atoms with Gasteiger partial charge in [0.25, 0.3) is 5.91 Å². The normalized spacial score (nSPS) is 10.5. The van der Waals surface area contributed by atoms with E-state index in [1.807, 2.05) is 32.0 Å². The summed E-state index contributed by atoms with van der Waals surface area (Å²) in [5.41, 5.74) is 4.22. The van der Waals surface area contributed by atoms with Crippen molar-refractivity contribution in [2.75, 3.05) is 5.32 Å². The van der Waals surface area contributed by atoms with Gasteiger partial charge in [-0.15, -0.1) is 0 Å². The molecular weight excluding hydrogens is 350 g/mol. The minimum absolute atomic E-state index is 0.0903. The van der Waals surface area contributed by atoms with Crippen molar-refractivity contribution in [3.63, 3.8) is 0 Å². The standard InChI is InChI=1S/C24H25NO3/c1-4-8-18-13-16(2)23(17(3)14-18)28-20-11-12-22(26)21(15-20)24(27)25-19-9-6-5-7-10-19/h5-7,9-15,26H,4,8H2,1-3H3,(H,25,27). The molecule has 1 amide bonds. The molecule has 0 unspecified atom stereocenters. The molecule has 28 heavy (non-hydrogen) atoms. The van der Waals surface area contributed by atoms with E-state index in [1.54, 1.807) is 24.3 Å². The molecule has 0 atom stereocenters. The lowest BCUT2D eigenvalue weighted by atomic mass is 10.0. The van der Waals surface area contributed by atoms with E-state index >= 15 is 0 Å². The number of carbonyl (C=O) groups is 1. The molecule has 3 aromatic carbocycles. The van der Waals surface area contributed by atoms with Gasteiger partial charge in [0, 0.05) is 5.69 Å². The number of phenols is 1. The van der Waals surface area contributed by atoms with Gasteiger partial charge in [-0.3, -0.25) is 4.79 Å². The summed E-state index contributed by atoms with van der Waals surface area (Å²) in [4.78, 5) is 12.6. The van der Waals surface area contributed by atoms with Gasteiger partial charge in [0.05, 0.1) is 5.56 Å². The summed E-state index contributed by atoms with van der Waals surface area (Å²) >= 11 is 0. The fourth-order valence-corrected chi connectivity index (χ4v) is 3.23. The summed E-state index contributed by atoms with van der Waals surface area (Å²) in [6.07, 6.45) is 2.13. The van der Waals surface area contributed by atoms with E-state index in [-0.39, 0.29) is 17.2 Å². The van der Waals surface area contributed by atoms with Gasteiger partial charge in [0.2, 0.25) is 0 Å². The molecule has 0 bridgehead atoms. The van der Waals surface area contributed by atoms with Crippen molar-refractivity contribution < 1.29 is 14.6 Å². The fraction of sp³-hybridized carbons (Fsp3) is 0.208. The Hall–Kier alpha value is -3.27. The number of hydrogen-bond acceptors (Lipinski definition) is 3. The zero-order chi connectivity index (χ0) is 20.1. The van der Waals surface area contributed by atoms with Crippen LogP contribution in [-0.2, 0) is 6.42 Å². The third-order valence-corrected chi connectivity index (χ3v) is 4.52. The molecular formula is C24H25NO3. The number of benzene rings is 3. The molecule has 0 aliphatic carbocycles. The number of nitrogens with one attached hydrogen (secondary N) is 1. The highest BCUT2D eigenvalue weighted by atomic mass is 16.5. The van der Waals surface area contributed by atoms with Crippen LogP contribution in [0.4, 0.5) is 5.69 Å². The third kappa shape index (κ3) is 4.52. The molecule has 0 aliphatic heterocycles. The molecule has 0 aromatic heterocycles. The summed E-state index contributed by atoms with van der Waals surface area (Å²) in [6.45, 7) is 6.20. The van der Waals surface area contributed by atoms with Gasteiger partial charge in [0.15, 0.2) is 0 Å². The number of ether oxygens (including phenoxy) is 1. The molecule has 4 nitrogen and oxygen atoms in total. The average molecular weight is 375 g/mol. The molecule has 0 saturated carbocycles. The zero-order valence-corrected chi connectivity index (χ0v) is 16.5. The van der Waals surface area contributed by atoms with Gasteiger partial charge in [0.1, 0.15) is 17.2 Å². The molecule has 3 rings (SSSR count). The van der Waals surface area contributed by atoms with Gasteiger partial charge in [-0.05, 0) is 67.3 Å². The van der Waals surface area contributed by atoms with Gasteiger partial charge in [-0.1, -0.05) is 43.7 Å². The first-order chi connectivity index (χ1) is 13.5. The highest BCUT2D eigenvalue weighted by Gasteiger charge is 2.15. The van der Waals surface area contributed by atoms with Gasteiger partial charge < -0.3 is 15.2 Å². The molecule has 0 radical (unpaired) electrons. The van der Waals surface area contributed by atoms with E-state index < -0.39 is 0 Å². The van der Waals surface area contributed by atoms with Gasteiger partial charge >= 0.3 is 0 Å². The number of carbonyl (C=O) groups excluding carboxylic acids is 1. The van der Waals surface area contributed by atoms with E-state index in [0.717, 1.165) is 29.7 Å². The fourth-order valence-electron chi connectivity index (χ4n) is 3.23. The van der Waals surface area contributed by atoms with Crippen LogP contribution in [0.3, 0.4) is 0 Å². The Kier molecular flexibility index (Phi) is 5.99. The van der Waals surface area contributed by atoms with Crippen molar-refractivity contribution in [1.29, 1.82) is 0 Å². The van der Waals surface area contributed by atoms with E-state index in [4.69, 9.17) is 4.74 Å². The third-order valence-electron chi connectivity index (χ3n) is 4.52. The van der Waals surface area contributed by atoms with Crippen LogP contribution >= 0.6 is 0 Å². The Labute approximate surface area is 165 Å². The van der Waals surface area contributed by atoms with Crippen molar-refractivity contribution in [2.24, 2.45) is 0 Å². The minimum Gasteiger partial charge on any atom is -0.507 e. The molecule has 0 aliphatic rings. The maximum atomic E-state index is 12.6. The van der Waals surface area contributed by atoms with Gasteiger partial charge in [-0.25, -0.2) is 0 Å². The lowest BCUT2D eigenvalue weighted by Crippen LogP contribution is -2.12. The maximum Gasteiger partial charge on any atom is 0.259 e. The van der Waals surface area contributed by atoms with Crippen LogP contribution in [0.2, 0.25) is 0 Å². The monoisotopic (exact) mass is 375 g/mol. The Balaban J connectivity index is 1.85. The highest BCUT2D eigenvalue weighted by molar-refractivity contribution is 6.06. The van der Waals surface area contributed by atoms with E-state index in [9.17, 15) is 9.90 Å². The van der Waals surface area contributed by atoms with Crippen LogP contribution in [0.25, 0.3) is 0 Å². The van der Waals surface area contributed by atoms with Crippen molar-refractivity contribution >= 4 is 11.6 Å². The summed E-state index contributed by atoms with van der Waals surface area (Å²) in [7, 11) is 0. The smallest absolute Gasteiger partial charge is 0.259 e. The number of para-hydroxylation sites is 1. The Morgan fingerprint density at radius 3 is 2.32 bits per heavy atom. The molecule has 2 N–H and O–H groups in total. The first kappa shape index (κ1) is 19.5. The first-order valence-corrected chi connectivity index (χ1v) is 9.45. The summed E-state index contributed by atoms with van der Waals surface area (Å²) in [5, 5.41) is 12.9. The van der Waals surface area contributed by atoms with E-state index in [2.05, 4.69) is 24.4 Å². The lowest BCUT2D eigenvalue weighted by molar-refractivity contribution is 0.102. The predicted octanol–water partition coefficient (Wildman–Crippen LogP) is 6.01. The SMILES string of the molecule is CCCc1cc(C)c(Oc2ccc(O)c(C(=O)Nc3ccccc3)c2)c(C)c1. The van der Waals surface area contributed by atoms with Crippen LogP contribution in [0.15, 0.2) is 60.7 Å². The number of anilines is 1. The molecule has 4 heteroatoms. The van der Waals surface area contributed by atoms with Crippen LogP contribution in [0.1, 0.15) is 40.4 Å². The quantitative estimate of drug-likeness (QED) is 0.555. The van der Waals surface area contributed by atoms with Crippen molar-refractivity contribution in [2.45, 2.75) is 33.6 Å². The maximum absolute atomic E-state index is 12.6. The molecule has 0 heterocycles. The molecule has 0 saturated heterocycles. The predicted molar refractivity (Wildman–Crippen MR) is 112 cm³/mol. The molecule has 144 valence electrons. The number of rotatable bonds is 6. The van der Waals surface area contributed by atoms with Crippen molar-refractivity contribution in [3.8, 4) is 17.2 Å². The molecule has 0 spiro atoms. The van der Waals surface area contributed by atoms with Crippen LogP contribution in [0, 0.1) is 13.8 Å². The Bertz CT molecular complexity index is 957. The summed E-state index contributed by atoms with van der Waals surface area (Å²) in [5.74, 6) is 0.804. The number of aryl methyl sites for hydroxylation is 3. The second kappa shape index (κ2) is 8.61. The number of hydrogen-bond donors (Lipinski definition) is 2. The van der Waals surface area contributed by atoms with E-state index in [0.29, 0.717) is 11.4 Å². The Morgan fingerprint density at radius 2 is 1.68 bits per heavy atom. The topological polar surface area (TPSA) is 58.6 Å². The largest absolute Gasteiger partial charge is 0.507 e. The van der Waals surface area contributed by atoms with Crippen molar-refractivity contribution in [1.82, 2.24) is 0 Å². The summed E-state index contributed by atoms with van der Waals surface area (Å²) < 4.78 is 6.08. The van der Waals surface area contributed by atoms with Crippen molar-refractivity contribution in [3.05, 3.63) is 82.9 Å². The van der Waals surface area contributed by atoms with Crippen LogP contribution in [-0.4, -0.2) is 11.0 Å². The molecule has 3 aromatic rings. The zero-order valence-electron chi connectivity index (χ0n) is 16.5. The lowest BCUT2D eigenvalue weighted by Gasteiger charge is -2.15. The first-order valence-electron chi connectivity index (χ1n) is 9.45. The van der Waals surface area contributed by atoms with E-state index in [1.165, 1.54) is 11.6 Å². The minimum atomic E-state index is -0.388. The second-order valence-electron chi connectivity index (χ2n) is 6.91. The van der Waals surface area contributed by atoms with Gasteiger partial charge in [-0.2, -0.15) is 0 Å². The van der Waals surface area contributed by atoms with Crippen LogP contribution in [0.5, 0.6) is 17.2 Å². The average Bonchev–Trinajstić information content (AvgIpc) is 2.67. The summed E-state index contributed by atoms with van der Waals surface area (Å²) in [6, 6.07) is 18.1. The molecule has 0 fully saturated rings. The second-order valence-corrected chi connectivity index (χ2v) is 6.91. The number of aromatic hydroxyl groups is 1.